The van der Waals surface area contributed by atoms with Crippen LogP contribution in [0.5, 0.6) is 0 Å². The van der Waals surface area contributed by atoms with E-state index in [9.17, 15) is 4.79 Å². The molecule has 2 aliphatic heterocycles. The molecule has 2 aliphatic rings. The highest BCUT2D eigenvalue weighted by molar-refractivity contribution is 6.33. The van der Waals surface area contributed by atoms with E-state index >= 15 is 0 Å². The molecule has 102 valence electrons. The van der Waals surface area contributed by atoms with Crippen molar-refractivity contribution in [1.82, 2.24) is 14.8 Å². The number of piperazine rings is 1. The topological polar surface area (TPSA) is 36.4 Å². The Hall–Kier alpha value is -1.13. The highest BCUT2D eigenvalue weighted by Gasteiger charge is 2.37. The first-order valence-electron chi connectivity index (χ1n) is 6.81. The number of rotatable bonds is 1. The maximum absolute atomic E-state index is 12.6. The fraction of sp³-hybridized carbons (Fsp3) is 0.571. The number of hydrogen-bond acceptors (Lipinski definition) is 3. The molecular weight excluding hydrogens is 262 g/mol. The minimum Gasteiger partial charge on any atom is -0.333 e. The molecule has 2 fully saturated rings. The van der Waals surface area contributed by atoms with Crippen molar-refractivity contribution < 1.29 is 4.79 Å². The van der Waals surface area contributed by atoms with Crippen LogP contribution >= 0.6 is 11.6 Å². The van der Waals surface area contributed by atoms with Crippen molar-refractivity contribution in [2.45, 2.75) is 31.8 Å². The van der Waals surface area contributed by atoms with E-state index in [2.05, 4.69) is 16.8 Å². The second kappa shape index (κ2) is 5.10. The molecule has 1 aromatic heterocycles. The average molecular weight is 280 g/mol. The van der Waals surface area contributed by atoms with E-state index in [1.54, 1.807) is 12.3 Å². The van der Waals surface area contributed by atoms with Gasteiger partial charge in [0.05, 0.1) is 10.6 Å². The molecule has 2 unspecified atom stereocenters. The van der Waals surface area contributed by atoms with Crippen LogP contribution < -0.4 is 0 Å². The van der Waals surface area contributed by atoms with E-state index in [1.807, 2.05) is 4.90 Å². The van der Waals surface area contributed by atoms with Crippen LogP contribution in [0.2, 0.25) is 5.02 Å². The zero-order chi connectivity index (χ0) is 13.4. The van der Waals surface area contributed by atoms with Crippen molar-refractivity contribution in [2.75, 3.05) is 19.6 Å². The van der Waals surface area contributed by atoms with Gasteiger partial charge < -0.3 is 4.90 Å². The Balaban J connectivity index is 1.81. The van der Waals surface area contributed by atoms with Gasteiger partial charge in [-0.1, -0.05) is 11.6 Å². The molecule has 3 rings (SSSR count). The first kappa shape index (κ1) is 12.9. The lowest BCUT2D eigenvalue weighted by Gasteiger charge is -2.42. The molecule has 4 nitrogen and oxygen atoms in total. The van der Waals surface area contributed by atoms with Gasteiger partial charge in [-0.3, -0.25) is 14.7 Å². The highest BCUT2D eigenvalue weighted by Crippen LogP contribution is 2.26. The predicted molar refractivity (Wildman–Crippen MR) is 74.3 cm³/mol. The summed E-state index contributed by atoms with van der Waals surface area (Å²) in [5.74, 6) is 0.0338. The summed E-state index contributed by atoms with van der Waals surface area (Å²) < 4.78 is 0. The van der Waals surface area contributed by atoms with Crippen molar-refractivity contribution in [3.63, 3.8) is 0 Å². The maximum atomic E-state index is 12.6. The molecule has 0 aliphatic carbocycles. The average Bonchev–Trinajstić information content (AvgIpc) is 2.84. The third kappa shape index (κ3) is 2.35. The molecule has 0 radical (unpaired) electrons. The number of pyridine rings is 1. The molecule has 0 saturated carbocycles. The summed E-state index contributed by atoms with van der Waals surface area (Å²) in [6, 6.07) is 2.48. The number of fused-ring (bicyclic) bond motifs is 1. The van der Waals surface area contributed by atoms with Gasteiger partial charge in [0.1, 0.15) is 0 Å². The fourth-order valence-electron chi connectivity index (χ4n) is 3.17. The second-order valence-electron chi connectivity index (χ2n) is 5.45. The molecule has 19 heavy (non-hydrogen) atoms. The summed E-state index contributed by atoms with van der Waals surface area (Å²) in [6.07, 6.45) is 5.59. The van der Waals surface area contributed by atoms with E-state index in [1.165, 1.54) is 25.6 Å². The molecule has 1 amide bonds. The van der Waals surface area contributed by atoms with Crippen LogP contribution in [0.3, 0.4) is 0 Å². The van der Waals surface area contributed by atoms with Gasteiger partial charge in [0.15, 0.2) is 0 Å². The van der Waals surface area contributed by atoms with E-state index < -0.39 is 0 Å². The summed E-state index contributed by atoms with van der Waals surface area (Å²) >= 11 is 6.08. The summed E-state index contributed by atoms with van der Waals surface area (Å²) in [7, 11) is 0. The quantitative estimate of drug-likeness (QED) is 0.789. The highest BCUT2D eigenvalue weighted by atomic mass is 35.5. The largest absolute Gasteiger partial charge is 0.333 e. The number of halogens is 1. The molecule has 0 bridgehead atoms. The Morgan fingerprint density at radius 3 is 3.11 bits per heavy atom. The molecular formula is C14H18ClN3O. The fourth-order valence-corrected chi connectivity index (χ4v) is 3.37. The van der Waals surface area contributed by atoms with Gasteiger partial charge >= 0.3 is 0 Å². The van der Waals surface area contributed by atoms with Crippen LogP contribution in [0.15, 0.2) is 18.5 Å². The molecule has 3 heterocycles. The van der Waals surface area contributed by atoms with Crippen LogP contribution in [0.4, 0.5) is 0 Å². The van der Waals surface area contributed by atoms with E-state index in [0.29, 0.717) is 16.6 Å². The Kier molecular flexibility index (Phi) is 3.46. The third-order valence-corrected chi connectivity index (χ3v) is 4.50. The van der Waals surface area contributed by atoms with E-state index in [-0.39, 0.29) is 11.9 Å². The first-order valence-corrected chi connectivity index (χ1v) is 7.19. The second-order valence-corrected chi connectivity index (χ2v) is 5.86. The van der Waals surface area contributed by atoms with Crippen molar-refractivity contribution >= 4 is 17.5 Å². The Labute approximate surface area is 118 Å². The van der Waals surface area contributed by atoms with Crippen molar-refractivity contribution in [3.8, 4) is 0 Å². The molecule has 0 N–H and O–H groups in total. The summed E-state index contributed by atoms with van der Waals surface area (Å²) in [4.78, 5) is 21.0. The summed E-state index contributed by atoms with van der Waals surface area (Å²) in [5.41, 5.74) is 0.565. The number of aromatic nitrogens is 1. The Bertz CT molecular complexity index is 493. The lowest BCUT2D eigenvalue weighted by atomic mass is 10.1. The predicted octanol–water partition coefficient (Wildman–Crippen LogP) is 2.04. The van der Waals surface area contributed by atoms with Crippen molar-refractivity contribution in [3.05, 3.63) is 29.0 Å². The Morgan fingerprint density at radius 1 is 1.47 bits per heavy atom. The van der Waals surface area contributed by atoms with Gasteiger partial charge in [-0.05, 0) is 32.4 Å². The first-order chi connectivity index (χ1) is 9.16. The monoisotopic (exact) mass is 279 g/mol. The SMILES string of the molecule is CC1CN2CCCC2CN1C(=O)c1ccncc1Cl. The third-order valence-electron chi connectivity index (χ3n) is 4.20. The van der Waals surface area contributed by atoms with Gasteiger partial charge in [-0.2, -0.15) is 0 Å². The van der Waals surface area contributed by atoms with Crippen LogP contribution in [-0.2, 0) is 0 Å². The lowest BCUT2D eigenvalue weighted by molar-refractivity contribution is 0.0395. The minimum atomic E-state index is 0.0338. The van der Waals surface area contributed by atoms with Gasteiger partial charge in [-0.15, -0.1) is 0 Å². The zero-order valence-corrected chi connectivity index (χ0v) is 11.8. The maximum Gasteiger partial charge on any atom is 0.255 e. The molecule has 1 aromatic rings. The molecule has 5 heteroatoms. The zero-order valence-electron chi connectivity index (χ0n) is 11.1. The van der Waals surface area contributed by atoms with Gasteiger partial charge in [0.2, 0.25) is 0 Å². The normalized spacial score (nSPS) is 27.4. The molecule has 0 spiro atoms. The number of nitrogens with zero attached hydrogens (tertiary/aromatic N) is 3. The standard InChI is InChI=1S/C14H18ClN3O/c1-10-8-17-6-2-3-11(17)9-18(10)14(19)12-4-5-16-7-13(12)15/h4-5,7,10-11H,2-3,6,8-9H2,1H3. The molecule has 0 aromatic carbocycles. The summed E-state index contributed by atoms with van der Waals surface area (Å²) in [5, 5.41) is 0.438. The Morgan fingerprint density at radius 2 is 2.32 bits per heavy atom. The van der Waals surface area contributed by atoms with Crippen LogP contribution in [0, 0.1) is 0 Å². The van der Waals surface area contributed by atoms with Crippen molar-refractivity contribution in [2.24, 2.45) is 0 Å². The smallest absolute Gasteiger partial charge is 0.255 e. The van der Waals surface area contributed by atoms with E-state index in [0.717, 1.165) is 13.1 Å². The number of carbonyl (C=O) groups excluding carboxylic acids is 1. The number of hydrogen-bond donors (Lipinski definition) is 0. The van der Waals surface area contributed by atoms with Crippen molar-refractivity contribution in [1.29, 1.82) is 0 Å². The van der Waals surface area contributed by atoms with Gasteiger partial charge in [0.25, 0.3) is 5.91 Å². The minimum absolute atomic E-state index is 0.0338. The summed E-state index contributed by atoms with van der Waals surface area (Å²) in [6.45, 7) is 5.08. The molecule has 2 saturated heterocycles. The number of amides is 1. The van der Waals surface area contributed by atoms with Crippen LogP contribution in [-0.4, -0.2) is 52.4 Å². The van der Waals surface area contributed by atoms with Crippen LogP contribution in [0.25, 0.3) is 0 Å². The molecule has 2 atom stereocenters. The lowest BCUT2D eigenvalue weighted by Crippen LogP contribution is -2.56. The van der Waals surface area contributed by atoms with Gasteiger partial charge in [0, 0.05) is 37.6 Å². The number of carbonyl (C=O) groups is 1. The van der Waals surface area contributed by atoms with Gasteiger partial charge in [-0.25, -0.2) is 0 Å². The van der Waals surface area contributed by atoms with E-state index in [4.69, 9.17) is 11.6 Å². The van der Waals surface area contributed by atoms with Crippen LogP contribution in [0.1, 0.15) is 30.1 Å².